The van der Waals surface area contributed by atoms with Gasteiger partial charge < -0.3 is 7.43 Å². The number of benzene rings is 3. The summed E-state index contributed by atoms with van der Waals surface area (Å²) in [5.74, 6) is 0. The Hall–Kier alpha value is -2.83. The van der Waals surface area contributed by atoms with Crippen molar-refractivity contribution in [3.05, 3.63) is 115 Å². The van der Waals surface area contributed by atoms with Gasteiger partial charge in [0, 0.05) is 12.4 Å². The van der Waals surface area contributed by atoms with Crippen LogP contribution in [0.15, 0.2) is 85.2 Å². The van der Waals surface area contributed by atoms with Crippen molar-refractivity contribution in [3.8, 4) is 11.4 Å². The van der Waals surface area contributed by atoms with Crippen molar-refractivity contribution in [3.63, 3.8) is 0 Å². The van der Waals surface area contributed by atoms with Crippen LogP contribution < -0.4 is 0 Å². The molecule has 0 aliphatic heterocycles. The summed E-state index contributed by atoms with van der Waals surface area (Å²) in [7, 11) is 0. The van der Waals surface area contributed by atoms with E-state index in [4.69, 9.17) is 0 Å². The molecule has 0 saturated heterocycles. The van der Waals surface area contributed by atoms with Crippen LogP contribution in [0.3, 0.4) is 0 Å². The summed E-state index contributed by atoms with van der Waals surface area (Å²) in [6.45, 7) is 10.5. The van der Waals surface area contributed by atoms with E-state index in [1.807, 2.05) is 48.8 Å². The Labute approximate surface area is 219 Å². The largest absolute Gasteiger partial charge is 2.00 e. The Bertz CT molecular complexity index is 1270. The molecule has 34 heavy (non-hydrogen) atoms. The molecule has 3 aromatic carbocycles. The summed E-state index contributed by atoms with van der Waals surface area (Å²) in [5.41, 5.74) is 5.61. The predicted octanol–water partition coefficient (Wildman–Crippen LogP) is 8.73. The first-order chi connectivity index (χ1) is 15.5. The van der Waals surface area contributed by atoms with Crippen molar-refractivity contribution in [2.24, 2.45) is 0 Å². The van der Waals surface area contributed by atoms with Crippen LogP contribution in [0, 0.1) is 34.3 Å². The molecule has 5 aromatic rings. The van der Waals surface area contributed by atoms with E-state index in [-0.39, 0.29) is 28.5 Å². The SMILES string of the molecule is CCC.Cc1cccc2ccc3ccc[c-]c3c12.Cc1ccnc(-c2cc(C)ccn2)c1.[CH3-].[Pt+2]. The summed E-state index contributed by atoms with van der Waals surface area (Å²) in [6, 6.07) is 28.3. The van der Waals surface area contributed by atoms with Gasteiger partial charge in [0.25, 0.3) is 0 Å². The van der Waals surface area contributed by atoms with E-state index in [9.17, 15) is 0 Å². The molecule has 0 fully saturated rings. The summed E-state index contributed by atoms with van der Waals surface area (Å²) in [6.07, 6.45) is 4.88. The smallest absolute Gasteiger partial charge is 0.358 e. The van der Waals surface area contributed by atoms with Crippen molar-refractivity contribution in [2.75, 3.05) is 0 Å². The van der Waals surface area contributed by atoms with Crippen LogP contribution in [0.2, 0.25) is 0 Å². The third-order valence-corrected chi connectivity index (χ3v) is 4.98. The second-order valence-corrected chi connectivity index (χ2v) is 8.02. The van der Waals surface area contributed by atoms with Gasteiger partial charge in [0.15, 0.2) is 0 Å². The maximum atomic E-state index is 4.29. The Morgan fingerprint density at radius 2 is 1.24 bits per heavy atom. The number of pyridine rings is 2. The molecule has 0 unspecified atom stereocenters. The summed E-state index contributed by atoms with van der Waals surface area (Å²) >= 11 is 0. The van der Waals surface area contributed by atoms with Gasteiger partial charge in [0.1, 0.15) is 0 Å². The number of hydrogen-bond donors (Lipinski definition) is 0. The maximum absolute atomic E-state index is 4.29. The molecule has 0 saturated carbocycles. The average molecular weight is 630 g/mol. The second kappa shape index (κ2) is 14.4. The first-order valence-electron chi connectivity index (χ1n) is 11.2. The van der Waals surface area contributed by atoms with Gasteiger partial charge in [0.05, 0.1) is 11.4 Å². The van der Waals surface area contributed by atoms with Crippen LogP contribution in [0.4, 0.5) is 0 Å². The molecular weight excluding hydrogens is 595 g/mol. The quantitative estimate of drug-likeness (QED) is 0.137. The van der Waals surface area contributed by atoms with Crippen LogP contribution in [0.5, 0.6) is 0 Å². The fourth-order valence-corrected chi connectivity index (χ4v) is 3.51. The third kappa shape index (κ3) is 7.60. The fraction of sp³-hybridized carbons (Fsp3) is 0.194. The van der Waals surface area contributed by atoms with Crippen molar-refractivity contribution in [2.45, 2.75) is 41.0 Å². The van der Waals surface area contributed by atoms with Gasteiger partial charge in [0.2, 0.25) is 0 Å². The van der Waals surface area contributed by atoms with Gasteiger partial charge in [-0.1, -0.05) is 66.9 Å². The predicted molar refractivity (Wildman–Crippen MR) is 144 cm³/mol. The van der Waals surface area contributed by atoms with Crippen LogP contribution in [0.1, 0.15) is 37.0 Å². The maximum Gasteiger partial charge on any atom is 2.00 e. The molecule has 2 nitrogen and oxygen atoms in total. The van der Waals surface area contributed by atoms with Gasteiger partial charge in [-0.15, -0.1) is 35.0 Å². The number of hydrogen-bond acceptors (Lipinski definition) is 2. The zero-order valence-corrected chi connectivity index (χ0v) is 23.3. The average Bonchev–Trinajstić information content (AvgIpc) is 2.80. The molecule has 3 heteroatoms. The molecule has 0 bridgehead atoms. The van der Waals surface area contributed by atoms with Crippen molar-refractivity contribution in [1.29, 1.82) is 0 Å². The summed E-state index contributed by atoms with van der Waals surface area (Å²) < 4.78 is 0. The summed E-state index contributed by atoms with van der Waals surface area (Å²) in [5, 5.41) is 5.12. The van der Waals surface area contributed by atoms with E-state index in [0.717, 1.165) is 11.4 Å². The summed E-state index contributed by atoms with van der Waals surface area (Å²) in [4.78, 5) is 8.58. The van der Waals surface area contributed by atoms with E-state index in [1.54, 1.807) is 0 Å². The first kappa shape index (κ1) is 29.2. The van der Waals surface area contributed by atoms with Crippen molar-refractivity contribution >= 4 is 21.5 Å². The van der Waals surface area contributed by atoms with E-state index >= 15 is 0 Å². The monoisotopic (exact) mass is 629 g/mol. The van der Waals surface area contributed by atoms with Gasteiger partial charge in [-0.05, 0) is 56.2 Å². The van der Waals surface area contributed by atoms with Crippen molar-refractivity contribution in [1.82, 2.24) is 9.97 Å². The van der Waals surface area contributed by atoms with Crippen LogP contribution in [-0.4, -0.2) is 9.97 Å². The third-order valence-electron chi connectivity index (χ3n) is 4.98. The number of aromatic nitrogens is 2. The number of aryl methyl sites for hydroxylation is 3. The Balaban J connectivity index is 0.000000291. The Kier molecular flexibility index (Phi) is 12.4. The van der Waals surface area contributed by atoms with E-state index in [2.05, 4.69) is 87.1 Å². The molecule has 0 radical (unpaired) electrons. The molecule has 0 amide bonds. The van der Waals surface area contributed by atoms with Gasteiger partial charge in [-0.2, -0.15) is 0 Å². The number of nitrogens with zero attached hydrogens (tertiary/aromatic N) is 2. The first-order valence-corrected chi connectivity index (χ1v) is 11.2. The zero-order valence-electron chi connectivity index (χ0n) is 21.0. The number of rotatable bonds is 1. The van der Waals surface area contributed by atoms with Gasteiger partial charge in [-0.25, -0.2) is 0 Å². The zero-order chi connectivity index (χ0) is 22.9. The molecule has 2 aromatic heterocycles. The molecule has 0 atom stereocenters. The minimum Gasteiger partial charge on any atom is -0.358 e. The van der Waals surface area contributed by atoms with Gasteiger partial charge in [-0.3, -0.25) is 9.97 Å². The van der Waals surface area contributed by atoms with E-state index < -0.39 is 0 Å². The molecule has 0 N–H and O–H groups in total. The standard InChI is InChI=1S/C15H11.C12H12N2.C3H8.CH3.Pt/c1-11-5-4-7-13-10-9-12-6-2-3-8-14(12)15(11)13;1-9-3-5-13-11(7-9)12-8-10(2)4-6-14-12;1-3-2;;/h2-7,9-10H,1H3;3-8H,1-2H3;3H2,1-2H3;1H3;/q-1;;;-1;+2. The Morgan fingerprint density at radius 3 is 1.79 bits per heavy atom. The minimum absolute atomic E-state index is 0. The molecule has 5 rings (SSSR count). The molecule has 0 aliphatic carbocycles. The fourth-order valence-electron chi connectivity index (χ4n) is 3.51. The normalized spacial score (nSPS) is 9.56. The molecular formula is C31H34N2Pt. The molecule has 2 heterocycles. The van der Waals surface area contributed by atoms with E-state index in [0.29, 0.717) is 0 Å². The molecule has 0 spiro atoms. The number of fused-ring (bicyclic) bond motifs is 3. The minimum atomic E-state index is 0. The topological polar surface area (TPSA) is 25.8 Å². The Morgan fingerprint density at radius 1 is 0.706 bits per heavy atom. The second-order valence-electron chi connectivity index (χ2n) is 8.02. The van der Waals surface area contributed by atoms with Crippen LogP contribution >= 0.6 is 0 Å². The van der Waals surface area contributed by atoms with Crippen molar-refractivity contribution < 1.29 is 21.1 Å². The van der Waals surface area contributed by atoms with Gasteiger partial charge >= 0.3 is 21.1 Å². The van der Waals surface area contributed by atoms with Crippen LogP contribution in [0.25, 0.3) is 32.9 Å². The molecule has 0 aliphatic rings. The molecule has 178 valence electrons. The van der Waals surface area contributed by atoms with E-state index in [1.165, 1.54) is 44.7 Å². The van der Waals surface area contributed by atoms with Crippen LogP contribution in [-0.2, 0) is 21.1 Å².